The van der Waals surface area contributed by atoms with Crippen LogP contribution < -0.4 is 5.32 Å². The van der Waals surface area contributed by atoms with Crippen molar-refractivity contribution in [1.29, 1.82) is 0 Å². The minimum Gasteiger partial charge on any atom is -0.345 e. The van der Waals surface area contributed by atoms with Crippen LogP contribution in [0, 0.1) is 0 Å². The van der Waals surface area contributed by atoms with Gasteiger partial charge >= 0.3 is 0 Å². The van der Waals surface area contributed by atoms with E-state index in [1.807, 2.05) is 65.2 Å². The number of hydrogen-bond donors (Lipinski definition) is 1. The first-order valence-corrected chi connectivity index (χ1v) is 12.7. The Morgan fingerprint density at radius 3 is 2.45 bits per heavy atom. The number of carbonyl (C=O) groups is 1. The van der Waals surface area contributed by atoms with Gasteiger partial charge in [0.05, 0.1) is 17.5 Å². The van der Waals surface area contributed by atoms with Gasteiger partial charge in [0, 0.05) is 23.5 Å². The molecule has 2 atom stereocenters. The molecule has 162 valence electrons. The van der Waals surface area contributed by atoms with Crippen LogP contribution in [0.5, 0.6) is 0 Å². The fourth-order valence-corrected chi connectivity index (χ4v) is 6.93. The number of benzene rings is 2. The molecular formula is C24H27N3O3S. The molecule has 0 spiro atoms. The number of likely N-dealkylation sites (tertiary alicyclic amines) is 1. The highest BCUT2D eigenvalue weighted by atomic mass is 32.2. The predicted molar refractivity (Wildman–Crippen MR) is 122 cm³/mol. The monoisotopic (exact) mass is 437 g/mol. The second-order valence-electron chi connectivity index (χ2n) is 8.63. The molecule has 31 heavy (non-hydrogen) atoms. The summed E-state index contributed by atoms with van der Waals surface area (Å²) in [7, 11) is -3.16. The number of nitrogens with one attached hydrogen (secondary N) is 1. The van der Waals surface area contributed by atoms with Crippen LogP contribution in [-0.2, 0) is 16.4 Å². The van der Waals surface area contributed by atoms with Crippen LogP contribution in [0.15, 0.2) is 60.7 Å². The summed E-state index contributed by atoms with van der Waals surface area (Å²) in [6.07, 6.45) is 2.17. The van der Waals surface area contributed by atoms with Crippen molar-refractivity contribution in [2.24, 2.45) is 0 Å². The summed E-state index contributed by atoms with van der Waals surface area (Å²) in [6.45, 7) is 2.39. The van der Waals surface area contributed by atoms with Gasteiger partial charge in [-0.05, 0) is 43.6 Å². The van der Waals surface area contributed by atoms with Crippen LogP contribution in [0.25, 0.3) is 10.9 Å². The molecule has 6 nitrogen and oxygen atoms in total. The molecule has 3 aromatic rings. The summed E-state index contributed by atoms with van der Waals surface area (Å²) in [5.41, 5.74) is 2.66. The molecule has 0 saturated carbocycles. The highest BCUT2D eigenvalue weighted by molar-refractivity contribution is 7.91. The number of nitrogens with zero attached hydrogens (tertiary/aromatic N) is 2. The van der Waals surface area contributed by atoms with E-state index < -0.39 is 9.84 Å². The average molecular weight is 438 g/mol. The molecule has 2 aliphatic heterocycles. The maximum Gasteiger partial charge on any atom is 0.268 e. The Morgan fingerprint density at radius 1 is 0.968 bits per heavy atom. The van der Waals surface area contributed by atoms with Crippen LogP contribution >= 0.6 is 0 Å². The summed E-state index contributed by atoms with van der Waals surface area (Å²) in [5, 5.41) is 4.08. The molecule has 0 radical (unpaired) electrons. The number of amides is 1. The quantitative estimate of drug-likeness (QED) is 0.666. The van der Waals surface area contributed by atoms with Crippen LogP contribution in [0.2, 0.25) is 0 Å². The van der Waals surface area contributed by atoms with Crippen molar-refractivity contribution < 1.29 is 13.2 Å². The zero-order valence-corrected chi connectivity index (χ0v) is 18.2. The summed E-state index contributed by atoms with van der Waals surface area (Å²) in [6, 6.07) is 19.4. The number of hydrogen-bond acceptors (Lipinski definition) is 4. The molecule has 1 N–H and O–H groups in total. The molecule has 2 saturated heterocycles. The molecule has 0 aliphatic carbocycles. The fraction of sp³-hybridized carbons (Fsp3) is 0.375. The highest BCUT2D eigenvalue weighted by Crippen LogP contribution is 2.25. The van der Waals surface area contributed by atoms with E-state index in [0.29, 0.717) is 12.2 Å². The molecule has 5 rings (SSSR count). The van der Waals surface area contributed by atoms with Crippen LogP contribution in [-0.4, -0.2) is 60.5 Å². The van der Waals surface area contributed by atoms with Crippen LogP contribution in [0.4, 0.5) is 0 Å². The Morgan fingerprint density at radius 2 is 1.68 bits per heavy atom. The lowest BCUT2D eigenvalue weighted by atomic mass is 10.1. The standard InChI is InChI=1S/C24H27N3O3S/c28-24(25-20-16-31(29,30)17-23(20)26-12-6-7-13-26)22-14-19-10-4-5-11-21(19)27(22)15-18-8-2-1-3-9-18/h1-5,8-11,14,20,23H,6-7,12-13,15-17H2,(H,25,28). The van der Waals surface area contributed by atoms with E-state index in [1.54, 1.807) is 0 Å². The topological polar surface area (TPSA) is 71.4 Å². The van der Waals surface area contributed by atoms with E-state index in [9.17, 15) is 13.2 Å². The normalized spacial score (nSPS) is 23.4. The lowest BCUT2D eigenvalue weighted by Crippen LogP contribution is -2.50. The van der Waals surface area contributed by atoms with Crippen LogP contribution in [0.3, 0.4) is 0 Å². The third kappa shape index (κ3) is 4.12. The predicted octanol–water partition coefficient (Wildman–Crippen LogP) is 2.68. The Balaban J connectivity index is 1.46. The molecule has 1 aromatic heterocycles. The molecular weight excluding hydrogens is 410 g/mol. The first kappa shape index (κ1) is 20.3. The van der Waals surface area contributed by atoms with Gasteiger partial charge in [0.2, 0.25) is 0 Å². The third-order valence-electron chi connectivity index (χ3n) is 6.48. The SMILES string of the molecule is O=C(NC1CS(=O)(=O)CC1N1CCCC1)c1cc2ccccc2n1Cc1ccccc1. The molecule has 7 heteroatoms. The van der Waals surface area contributed by atoms with Crippen molar-refractivity contribution in [3.8, 4) is 0 Å². The molecule has 0 bridgehead atoms. The lowest BCUT2D eigenvalue weighted by Gasteiger charge is -2.28. The van der Waals surface area contributed by atoms with Gasteiger partial charge in [0.1, 0.15) is 5.69 Å². The molecule has 2 aromatic carbocycles. The van der Waals surface area contributed by atoms with Gasteiger partial charge in [-0.25, -0.2) is 8.42 Å². The lowest BCUT2D eigenvalue weighted by molar-refractivity contribution is 0.0910. The molecule has 2 aliphatic rings. The smallest absolute Gasteiger partial charge is 0.268 e. The van der Waals surface area contributed by atoms with E-state index in [4.69, 9.17) is 0 Å². The minimum atomic E-state index is -3.16. The van der Waals surface area contributed by atoms with Gasteiger partial charge in [0.25, 0.3) is 5.91 Å². The number of para-hydroxylation sites is 1. The van der Waals surface area contributed by atoms with Crippen molar-refractivity contribution in [2.45, 2.75) is 31.5 Å². The number of aromatic nitrogens is 1. The second-order valence-corrected chi connectivity index (χ2v) is 10.8. The fourth-order valence-electron chi connectivity index (χ4n) is 4.98. The van der Waals surface area contributed by atoms with Gasteiger partial charge in [-0.15, -0.1) is 0 Å². The minimum absolute atomic E-state index is 0.0127. The highest BCUT2D eigenvalue weighted by Gasteiger charge is 2.42. The van der Waals surface area contributed by atoms with Gasteiger partial charge in [-0.1, -0.05) is 48.5 Å². The van der Waals surface area contributed by atoms with Gasteiger partial charge in [0.15, 0.2) is 9.84 Å². The molecule has 2 fully saturated rings. The summed E-state index contributed by atoms with van der Waals surface area (Å²) < 4.78 is 26.8. The van der Waals surface area contributed by atoms with E-state index in [2.05, 4.69) is 10.2 Å². The first-order valence-electron chi connectivity index (χ1n) is 10.9. The largest absolute Gasteiger partial charge is 0.345 e. The van der Waals surface area contributed by atoms with Gasteiger partial charge < -0.3 is 9.88 Å². The summed E-state index contributed by atoms with van der Waals surface area (Å²) >= 11 is 0. The molecule has 3 heterocycles. The van der Waals surface area contributed by atoms with Crippen molar-refractivity contribution in [1.82, 2.24) is 14.8 Å². The van der Waals surface area contributed by atoms with Crippen molar-refractivity contribution in [3.63, 3.8) is 0 Å². The number of fused-ring (bicyclic) bond motifs is 1. The zero-order chi connectivity index (χ0) is 21.4. The molecule has 1 amide bonds. The van der Waals surface area contributed by atoms with Crippen molar-refractivity contribution >= 4 is 26.6 Å². The number of carbonyl (C=O) groups excluding carboxylic acids is 1. The average Bonchev–Trinajstić information content (AvgIpc) is 3.47. The zero-order valence-electron chi connectivity index (χ0n) is 17.4. The van der Waals surface area contributed by atoms with E-state index in [-0.39, 0.29) is 29.5 Å². The Bertz CT molecular complexity index is 1200. The third-order valence-corrected chi connectivity index (χ3v) is 8.19. The van der Waals surface area contributed by atoms with Crippen molar-refractivity contribution in [3.05, 3.63) is 71.9 Å². The maximum atomic E-state index is 13.4. The van der Waals surface area contributed by atoms with Gasteiger partial charge in [-0.3, -0.25) is 9.69 Å². The van der Waals surface area contributed by atoms with Gasteiger partial charge in [-0.2, -0.15) is 0 Å². The maximum absolute atomic E-state index is 13.4. The van der Waals surface area contributed by atoms with Crippen molar-refractivity contribution in [2.75, 3.05) is 24.6 Å². The first-order chi connectivity index (χ1) is 15.0. The second kappa shape index (κ2) is 8.13. The molecule has 2 unspecified atom stereocenters. The summed E-state index contributed by atoms with van der Waals surface area (Å²) in [4.78, 5) is 15.6. The van der Waals surface area contributed by atoms with E-state index >= 15 is 0 Å². The number of rotatable bonds is 5. The Kier molecular flexibility index (Phi) is 5.32. The Labute approximate surface area is 182 Å². The van der Waals surface area contributed by atoms with E-state index in [0.717, 1.165) is 42.4 Å². The summed E-state index contributed by atoms with van der Waals surface area (Å²) in [5.74, 6) is -0.0672. The Hall–Kier alpha value is -2.64. The van der Waals surface area contributed by atoms with Crippen LogP contribution in [0.1, 0.15) is 28.9 Å². The number of sulfone groups is 1. The van der Waals surface area contributed by atoms with E-state index in [1.165, 1.54) is 0 Å².